The van der Waals surface area contributed by atoms with E-state index in [0.717, 1.165) is 0 Å². The molecule has 1 heterocycles. The van der Waals surface area contributed by atoms with Crippen LogP contribution in [-0.4, -0.2) is 40.2 Å². The van der Waals surface area contributed by atoms with Crippen LogP contribution >= 0.6 is 11.8 Å². The van der Waals surface area contributed by atoms with E-state index in [1.807, 2.05) is 6.26 Å². The minimum atomic E-state index is -0.951. The van der Waals surface area contributed by atoms with Gasteiger partial charge in [-0.15, -0.1) is 0 Å². The van der Waals surface area contributed by atoms with Crippen LogP contribution < -0.4 is 5.32 Å². The second kappa shape index (κ2) is 5.85. The minimum Gasteiger partial charge on any atom is -0.387 e. The molecular weight excluding hydrogens is 279 g/mol. The fourth-order valence-electron chi connectivity index (χ4n) is 1.95. The van der Waals surface area contributed by atoms with E-state index in [2.05, 4.69) is 10.3 Å². The Morgan fingerprint density at radius 2 is 2.25 bits per heavy atom. The summed E-state index contributed by atoms with van der Waals surface area (Å²) in [5, 5.41) is 13.3. The maximum atomic E-state index is 13.1. The summed E-state index contributed by atoms with van der Waals surface area (Å²) >= 11 is 1.51. The van der Waals surface area contributed by atoms with Gasteiger partial charge in [-0.25, -0.2) is 4.39 Å². The predicted octanol–water partition coefficient (Wildman–Crippen LogP) is 2.15. The second-order valence-electron chi connectivity index (χ2n) is 5.03. The molecule has 1 atom stereocenters. The number of benzene rings is 1. The molecule has 6 heteroatoms. The standard InChI is InChI=1S/C14H17FN2O2S/c1-14(19,8-20-2)7-16-13(18)12-6-9-5-10(15)3-4-11(9)17-12/h3-6,17,19H,7-8H2,1-2H3,(H,16,18). The number of aliphatic hydroxyl groups is 1. The molecule has 1 unspecified atom stereocenters. The van der Waals surface area contributed by atoms with Gasteiger partial charge in [-0.2, -0.15) is 11.8 Å². The molecule has 108 valence electrons. The van der Waals surface area contributed by atoms with Crippen molar-refractivity contribution in [2.75, 3.05) is 18.6 Å². The van der Waals surface area contributed by atoms with Crippen molar-refractivity contribution in [3.05, 3.63) is 35.8 Å². The number of aromatic amines is 1. The molecular formula is C14H17FN2O2S. The number of thioether (sulfide) groups is 1. The van der Waals surface area contributed by atoms with Crippen LogP contribution in [0.4, 0.5) is 4.39 Å². The first-order chi connectivity index (χ1) is 9.41. The van der Waals surface area contributed by atoms with E-state index in [1.54, 1.807) is 19.1 Å². The van der Waals surface area contributed by atoms with E-state index in [-0.39, 0.29) is 18.3 Å². The SMILES string of the molecule is CSCC(C)(O)CNC(=O)c1cc2cc(F)ccc2[nH]1. The fraction of sp³-hybridized carbons (Fsp3) is 0.357. The van der Waals surface area contributed by atoms with Gasteiger partial charge in [0.05, 0.1) is 5.60 Å². The van der Waals surface area contributed by atoms with Crippen molar-refractivity contribution in [2.24, 2.45) is 0 Å². The van der Waals surface area contributed by atoms with Gasteiger partial charge < -0.3 is 15.4 Å². The summed E-state index contributed by atoms with van der Waals surface area (Å²) in [5.41, 5.74) is 0.102. The summed E-state index contributed by atoms with van der Waals surface area (Å²) < 4.78 is 13.1. The number of fused-ring (bicyclic) bond motifs is 1. The number of nitrogens with one attached hydrogen (secondary N) is 2. The highest BCUT2D eigenvalue weighted by atomic mass is 32.2. The van der Waals surface area contributed by atoms with Crippen LogP contribution in [0.3, 0.4) is 0 Å². The third-order valence-corrected chi connectivity index (χ3v) is 3.82. The zero-order valence-electron chi connectivity index (χ0n) is 11.4. The summed E-state index contributed by atoms with van der Waals surface area (Å²) in [7, 11) is 0. The van der Waals surface area contributed by atoms with Crippen molar-refractivity contribution >= 4 is 28.6 Å². The maximum Gasteiger partial charge on any atom is 0.267 e. The van der Waals surface area contributed by atoms with Gasteiger partial charge in [0, 0.05) is 23.2 Å². The van der Waals surface area contributed by atoms with Gasteiger partial charge >= 0.3 is 0 Å². The van der Waals surface area contributed by atoms with Crippen LogP contribution in [0.5, 0.6) is 0 Å². The number of H-pyrrole nitrogens is 1. The molecule has 4 nitrogen and oxygen atoms in total. The van der Waals surface area contributed by atoms with Gasteiger partial charge in [0.1, 0.15) is 11.5 Å². The monoisotopic (exact) mass is 296 g/mol. The number of hydrogen-bond acceptors (Lipinski definition) is 3. The lowest BCUT2D eigenvalue weighted by atomic mass is 10.1. The second-order valence-corrected chi connectivity index (χ2v) is 5.89. The minimum absolute atomic E-state index is 0.163. The molecule has 0 fully saturated rings. The Bertz CT molecular complexity index is 625. The Morgan fingerprint density at radius 3 is 2.95 bits per heavy atom. The van der Waals surface area contributed by atoms with Crippen LogP contribution in [0, 0.1) is 5.82 Å². The third-order valence-electron chi connectivity index (χ3n) is 2.91. The number of halogens is 1. The molecule has 2 aromatic rings. The van der Waals surface area contributed by atoms with E-state index in [0.29, 0.717) is 22.3 Å². The number of hydrogen-bond donors (Lipinski definition) is 3. The molecule has 0 bridgehead atoms. The van der Waals surface area contributed by atoms with Gasteiger partial charge in [0.2, 0.25) is 0 Å². The lowest BCUT2D eigenvalue weighted by Gasteiger charge is -2.22. The van der Waals surface area contributed by atoms with Gasteiger partial charge in [-0.1, -0.05) is 0 Å². The van der Waals surface area contributed by atoms with Crippen LogP contribution in [0.15, 0.2) is 24.3 Å². The first-order valence-electron chi connectivity index (χ1n) is 6.19. The highest BCUT2D eigenvalue weighted by Gasteiger charge is 2.21. The summed E-state index contributed by atoms with van der Waals surface area (Å²) in [6, 6.07) is 5.89. The van der Waals surface area contributed by atoms with E-state index in [4.69, 9.17) is 0 Å². The van der Waals surface area contributed by atoms with Gasteiger partial charge in [0.25, 0.3) is 5.91 Å². The highest BCUT2D eigenvalue weighted by Crippen LogP contribution is 2.17. The molecule has 20 heavy (non-hydrogen) atoms. The van der Waals surface area contributed by atoms with E-state index >= 15 is 0 Å². The lowest BCUT2D eigenvalue weighted by Crippen LogP contribution is -2.42. The largest absolute Gasteiger partial charge is 0.387 e. The van der Waals surface area contributed by atoms with Crippen molar-refractivity contribution in [1.82, 2.24) is 10.3 Å². The van der Waals surface area contributed by atoms with Crippen LogP contribution in [0.25, 0.3) is 10.9 Å². The fourth-order valence-corrected chi connectivity index (χ4v) is 2.68. The highest BCUT2D eigenvalue weighted by molar-refractivity contribution is 7.98. The van der Waals surface area contributed by atoms with Crippen LogP contribution in [0.1, 0.15) is 17.4 Å². The Morgan fingerprint density at radius 1 is 1.50 bits per heavy atom. The third kappa shape index (κ3) is 3.52. The molecule has 3 N–H and O–H groups in total. The van der Waals surface area contributed by atoms with Gasteiger partial charge in [-0.05, 0) is 37.4 Å². The van der Waals surface area contributed by atoms with E-state index < -0.39 is 5.60 Å². The Hall–Kier alpha value is -1.53. The molecule has 1 amide bonds. The molecule has 1 aromatic heterocycles. The molecule has 0 saturated carbocycles. The maximum absolute atomic E-state index is 13.1. The quantitative estimate of drug-likeness (QED) is 0.792. The molecule has 1 aromatic carbocycles. The first-order valence-corrected chi connectivity index (χ1v) is 7.58. The molecule has 0 aliphatic rings. The number of carbonyl (C=O) groups excluding carboxylic acids is 1. The number of rotatable bonds is 5. The smallest absolute Gasteiger partial charge is 0.267 e. The average molecular weight is 296 g/mol. The number of carbonyl (C=O) groups is 1. The molecule has 0 radical (unpaired) electrons. The predicted molar refractivity (Wildman–Crippen MR) is 79.6 cm³/mol. The van der Waals surface area contributed by atoms with Crippen molar-refractivity contribution in [2.45, 2.75) is 12.5 Å². The van der Waals surface area contributed by atoms with Crippen LogP contribution in [-0.2, 0) is 0 Å². The summed E-state index contributed by atoms with van der Waals surface area (Å²) in [5.74, 6) is -0.125. The van der Waals surface area contributed by atoms with Crippen molar-refractivity contribution in [3.8, 4) is 0 Å². The molecule has 0 spiro atoms. The molecule has 0 aliphatic heterocycles. The summed E-state index contributed by atoms with van der Waals surface area (Å²) in [4.78, 5) is 14.9. The van der Waals surface area contributed by atoms with Crippen molar-refractivity contribution in [1.29, 1.82) is 0 Å². The van der Waals surface area contributed by atoms with Crippen molar-refractivity contribution in [3.63, 3.8) is 0 Å². The number of aromatic nitrogens is 1. The summed E-state index contributed by atoms with van der Waals surface area (Å²) in [6.07, 6.45) is 1.89. The lowest BCUT2D eigenvalue weighted by molar-refractivity contribution is 0.0723. The van der Waals surface area contributed by atoms with Crippen molar-refractivity contribution < 1.29 is 14.3 Å². The van der Waals surface area contributed by atoms with E-state index in [9.17, 15) is 14.3 Å². The van der Waals surface area contributed by atoms with E-state index in [1.165, 1.54) is 23.9 Å². The first kappa shape index (κ1) is 14.9. The van der Waals surface area contributed by atoms with Gasteiger partial charge in [-0.3, -0.25) is 4.79 Å². The van der Waals surface area contributed by atoms with Gasteiger partial charge in [0.15, 0.2) is 0 Å². The Balaban J connectivity index is 2.08. The zero-order valence-corrected chi connectivity index (χ0v) is 12.2. The number of amides is 1. The normalized spacial score (nSPS) is 14.2. The topological polar surface area (TPSA) is 65.1 Å². The average Bonchev–Trinajstić information content (AvgIpc) is 2.79. The molecule has 0 saturated heterocycles. The zero-order chi connectivity index (χ0) is 14.8. The Labute approximate surface area is 120 Å². The molecule has 2 rings (SSSR count). The van der Waals surface area contributed by atoms with Crippen LogP contribution in [0.2, 0.25) is 0 Å². The summed E-state index contributed by atoms with van der Waals surface area (Å²) in [6.45, 7) is 1.83. The Kier molecular flexibility index (Phi) is 4.35. The molecule has 0 aliphatic carbocycles.